The molecule has 0 atom stereocenters. The molecular weight excluding hydrogens is 330 g/mol. The molecule has 0 aromatic heterocycles. The van der Waals surface area contributed by atoms with E-state index in [0.717, 1.165) is 16.3 Å². The number of rotatable bonds is 5. The Bertz CT molecular complexity index is 992. The number of phenols is 1. The molecule has 0 aliphatic rings. The van der Waals surface area contributed by atoms with E-state index in [1.165, 1.54) is 0 Å². The van der Waals surface area contributed by atoms with Crippen LogP contribution in [-0.2, 0) is 0 Å². The molecule has 3 rings (SSSR count). The number of fused-ring (bicyclic) bond motifs is 1. The standard InChI is InChI=1S/C21H19NO4/c1-25-17-9-7-14(21(13-17)26-2)8-10-19(22-24)18-11-15-5-3-4-6-16(15)12-20(18)23/h3-13,23-24H,1-2H3/b10-8+,22-19+. The van der Waals surface area contributed by atoms with Crippen molar-refractivity contribution in [3.05, 3.63) is 71.8 Å². The minimum atomic E-state index is 0.0443. The maximum absolute atomic E-state index is 10.3. The average molecular weight is 349 g/mol. The summed E-state index contributed by atoms with van der Waals surface area (Å²) >= 11 is 0. The molecule has 5 heteroatoms. The van der Waals surface area contributed by atoms with E-state index in [2.05, 4.69) is 5.16 Å². The van der Waals surface area contributed by atoms with Gasteiger partial charge < -0.3 is 19.8 Å². The number of hydrogen-bond acceptors (Lipinski definition) is 5. The van der Waals surface area contributed by atoms with E-state index in [1.54, 1.807) is 44.6 Å². The number of nitrogens with zero attached hydrogens (tertiary/aromatic N) is 1. The summed E-state index contributed by atoms with van der Waals surface area (Å²) in [6.07, 6.45) is 3.37. The van der Waals surface area contributed by atoms with Gasteiger partial charge in [0.15, 0.2) is 0 Å². The van der Waals surface area contributed by atoms with Crippen molar-refractivity contribution in [1.82, 2.24) is 0 Å². The summed E-state index contributed by atoms with van der Waals surface area (Å²) in [5.41, 5.74) is 1.47. The van der Waals surface area contributed by atoms with Gasteiger partial charge in [0.05, 0.1) is 14.2 Å². The van der Waals surface area contributed by atoms with Crippen molar-refractivity contribution in [3.63, 3.8) is 0 Å². The van der Waals surface area contributed by atoms with Crippen LogP contribution in [0.25, 0.3) is 16.8 Å². The van der Waals surface area contributed by atoms with Crippen LogP contribution in [0.3, 0.4) is 0 Å². The third-order valence-corrected chi connectivity index (χ3v) is 4.11. The lowest BCUT2D eigenvalue weighted by atomic mass is 10.0. The van der Waals surface area contributed by atoms with Crippen molar-refractivity contribution in [2.24, 2.45) is 5.16 Å². The molecule has 0 aliphatic heterocycles. The Morgan fingerprint density at radius 3 is 2.35 bits per heavy atom. The van der Waals surface area contributed by atoms with Crippen LogP contribution in [0.2, 0.25) is 0 Å². The highest BCUT2D eigenvalue weighted by Gasteiger charge is 2.10. The second-order valence-corrected chi connectivity index (χ2v) is 5.64. The number of ether oxygens (including phenoxy) is 2. The maximum Gasteiger partial charge on any atom is 0.129 e. The smallest absolute Gasteiger partial charge is 0.129 e. The van der Waals surface area contributed by atoms with Gasteiger partial charge in [-0.05, 0) is 47.2 Å². The van der Waals surface area contributed by atoms with Gasteiger partial charge in [-0.3, -0.25) is 0 Å². The predicted molar refractivity (Wildman–Crippen MR) is 103 cm³/mol. The van der Waals surface area contributed by atoms with Gasteiger partial charge in [-0.2, -0.15) is 0 Å². The van der Waals surface area contributed by atoms with E-state index in [9.17, 15) is 10.3 Å². The van der Waals surface area contributed by atoms with E-state index < -0.39 is 0 Å². The lowest BCUT2D eigenvalue weighted by Crippen LogP contribution is -1.98. The summed E-state index contributed by atoms with van der Waals surface area (Å²) in [5, 5.41) is 24.9. The summed E-state index contributed by atoms with van der Waals surface area (Å²) in [4.78, 5) is 0. The molecule has 26 heavy (non-hydrogen) atoms. The van der Waals surface area contributed by atoms with Gasteiger partial charge in [0, 0.05) is 17.2 Å². The third-order valence-electron chi connectivity index (χ3n) is 4.11. The fraction of sp³-hybridized carbons (Fsp3) is 0.0952. The van der Waals surface area contributed by atoms with Gasteiger partial charge in [-0.25, -0.2) is 0 Å². The summed E-state index contributed by atoms with van der Waals surface area (Å²) in [5.74, 6) is 1.35. The van der Waals surface area contributed by atoms with Crippen LogP contribution < -0.4 is 9.47 Å². The SMILES string of the molecule is COc1ccc(/C=C/C(=N\O)c2cc3ccccc3cc2O)c(OC)c1. The highest BCUT2D eigenvalue weighted by molar-refractivity contribution is 6.13. The molecule has 5 nitrogen and oxygen atoms in total. The first-order chi connectivity index (χ1) is 12.7. The summed E-state index contributed by atoms with van der Waals surface area (Å²) in [7, 11) is 3.16. The molecule has 0 unspecified atom stereocenters. The molecule has 0 bridgehead atoms. The fourth-order valence-corrected chi connectivity index (χ4v) is 2.74. The van der Waals surface area contributed by atoms with Gasteiger partial charge in [0.1, 0.15) is 23.0 Å². The highest BCUT2D eigenvalue weighted by Crippen LogP contribution is 2.28. The molecule has 0 heterocycles. The van der Waals surface area contributed by atoms with Crippen LogP contribution in [0.1, 0.15) is 11.1 Å². The van der Waals surface area contributed by atoms with Gasteiger partial charge in [0.25, 0.3) is 0 Å². The largest absolute Gasteiger partial charge is 0.507 e. The normalized spacial score (nSPS) is 11.8. The van der Waals surface area contributed by atoms with Crippen molar-refractivity contribution in [2.75, 3.05) is 14.2 Å². The minimum Gasteiger partial charge on any atom is -0.507 e. The molecule has 132 valence electrons. The Kier molecular flexibility index (Phi) is 5.08. The maximum atomic E-state index is 10.3. The monoisotopic (exact) mass is 349 g/mol. The van der Waals surface area contributed by atoms with Gasteiger partial charge >= 0.3 is 0 Å². The number of methoxy groups -OCH3 is 2. The number of phenolic OH excluding ortho intramolecular Hbond substituents is 1. The van der Waals surface area contributed by atoms with Crippen LogP contribution in [0.15, 0.2) is 65.8 Å². The summed E-state index contributed by atoms with van der Waals surface area (Å²) in [6.45, 7) is 0. The zero-order valence-corrected chi connectivity index (χ0v) is 14.5. The molecular formula is C21H19NO4. The molecule has 0 spiro atoms. The fourth-order valence-electron chi connectivity index (χ4n) is 2.74. The first-order valence-corrected chi connectivity index (χ1v) is 8.00. The summed E-state index contributed by atoms with van der Waals surface area (Å²) < 4.78 is 10.5. The van der Waals surface area contributed by atoms with Crippen LogP contribution in [0.4, 0.5) is 0 Å². The van der Waals surface area contributed by atoms with E-state index in [1.807, 2.05) is 36.4 Å². The van der Waals surface area contributed by atoms with Crippen LogP contribution in [-0.4, -0.2) is 30.2 Å². The van der Waals surface area contributed by atoms with E-state index in [4.69, 9.17) is 9.47 Å². The number of allylic oxidation sites excluding steroid dienone is 1. The van der Waals surface area contributed by atoms with Gasteiger partial charge in [0.2, 0.25) is 0 Å². The Labute approximate surface area is 151 Å². The molecule has 0 amide bonds. The summed E-state index contributed by atoms with van der Waals surface area (Å²) in [6, 6.07) is 16.5. The molecule has 0 fully saturated rings. The third kappa shape index (κ3) is 3.47. The van der Waals surface area contributed by atoms with Crippen LogP contribution in [0, 0.1) is 0 Å². The molecule has 0 aliphatic carbocycles. The minimum absolute atomic E-state index is 0.0443. The second-order valence-electron chi connectivity index (χ2n) is 5.64. The number of aromatic hydroxyl groups is 1. The lowest BCUT2D eigenvalue weighted by Gasteiger charge is -2.08. The Morgan fingerprint density at radius 2 is 1.69 bits per heavy atom. The van der Waals surface area contributed by atoms with Crippen molar-refractivity contribution in [3.8, 4) is 17.2 Å². The van der Waals surface area contributed by atoms with Crippen molar-refractivity contribution < 1.29 is 19.8 Å². The van der Waals surface area contributed by atoms with Crippen LogP contribution in [0.5, 0.6) is 17.2 Å². The number of benzene rings is 3. The topological polar surface area (TPSA) is 71.3 Å². The molecule has 0 radical (unpaired) electrons. The van der Waals surface area contributed by atoms with Crippen LogP contribution >= 0.6 is 0 Å². The predicted octanol–water partition coefficient (Wildman–Crippen LogP) is 4.45. The molecule has 3 aromatic rings. The average Bonchev–Trinajstić information content (AvgIpc) is 2.68. The number of oxime groups is 1. The highest BCUT2D eigenvalue weighted by atomic mass is 16.5. The van der Waals surface area contributed by atoms with Gasteiger partial charge in [-0.1, -0.05) is 29.4 Å². The Hall–Kier alpha value is -3.47. The van der Waals surface area contributed by atoms with Gasteiger partial charge in [-0.15, -0.1) is 0 Å². The van der Waals surface area contributed by atoms with E-state index in [0.29, 0.717) is 17.1 Å². The number of hydrogen-bond donors (Lipinski definition) is 2. The quantitative estimate of drug-likeness (QED) is 0.405. The Balaban J connectivity index is 1.98. The first kappa shape index (κ1) is 17.4. The van der Waals surface area contributed by atoms with Crippen molar-refractivity contribution in [2.45, 2.75) is 0 Å². The van der Waals surface area contributed by atoms with Crippen molar-refractivity contribution in [1.29, 1.82) is 0 Å². The molecule has 0 saturated carbocycles. The van der Waals surface area contributed by atoms with Crippen molar-refractivity contribution >= 4 is 22.6 Å². The molecule has 3 aromatic carbocycles. The first-order valence-electron chi connectivity index (χ1n) is 8.00. The Morgan fingerprint density at radius 1 is 0.962 bits per heavy atom. The van der Waals surface area contributed by atoms with E-state index in [-0.39, 0.29) is 11.5 Å². The van der Waals surface area contributed by atoms with E-state index >= 15 is 0 Å². The molecule has 2 N–H and O–H groups in total. The molecule has 0 saturated heterocycles. The lowest BCUT2D eigenvalue weighted by molar-refractivity contribution is 0.319. The zero-order valence-electron chi connectivity index (χ0n) is 14.5. The second kappa shape index (κ2) is 7.61. The zero-order chi connectivity index (χ0) is 18.5.